The number of hydrogen-bond acceptors (Lipinski definition) is 2. The third kappa shape index (κ3) is 2.86. The van der Waals surface area contributed by atoms with E-state index in [0.29, 0.717) is 24.8 Å². The van der Waals surface area contributed by atoms with Gasteiger partial charge in [-0.15, -0.1) is 0 Å². The van der Waals surface area contributed by atoms with E-state index < -0.39 is 5.82 Å². The van der Waals surface area contributed by atoms with E-state index in [0.717, 1.165) is 12.4 Å². The first-order valence-electron chi connectivity index (χ1n) is 4.15. The second-order valence-corrected chi connectivity index (χ2v) is 2.83. The molecule has 3 heteroatoms. The highest BCUT2D eigenvalue weighted by atomic mass is 19.1. The van der Waals surface area contributed by atoms with Gasteiger partial charge in [0.2, 0.25) is 0 Å². The average Bonchev–Trinajstić information content (AvgIpc) is 2.09. The Hall–Kier alpha value is -1.38. The molecule has 2 nitrogen and oxygen atoms in total. The molecule has 0 aliphatic heterocycles. The van der Waals surface area contributed by atoms with Crippen LogP contribution in [0.25, 0.3) is 0 Å². The molecule has 1 aromatic rings. The van der Waals surface area contributed by atoms with E-state index in [1.165, 1.54) is 12.1 Å². The number of halogens is 1. The molecule has 0 spiro atoms. The third-order valence-corrected chi connectivity index (χ3v) is 1.80. The molecule has 0 heterocycles. The van der Waals surface area contributed by atoms with Crippen molar-refractivity contribution in [3.8, 4) is 5.75 Å². The van der Waals surface area contributed by atoms with E-state index >= 15 is 0 Å². The molecule has 0 aromatic heterocycles. The first-order valence-corrected chi connectivity index (χ1v) is 4.15. The SMILES string of the molecule is O=CCCCc1ccc(O)cc1F. The van der Waals surface area contributed by atoms with E-state index in [9.17, 15) is 9.18 Å². The van der Waals surface area contributed by atoms with Crippen molar-refractivity contribution in [2.24, 2.45) is 0 Å². The smallest absolute Gasteiger partial charge is 0.130 e. The van der Waals surface area contributed by atoms with Crippen molar-refractivity contribution in [2.45, 2.75) is 19.3 Å². The number of rotatable bonds is 4. The second kappa shape index (κ2) is 4.60. The van der Waals surface area contributed by atoms with Crippen LogP contribution in [0.5, 0.6) is 5.75 Å². The van der Waals surface area contributed by atoms with Crippen LogP contribution in [-0.2, 0) is 11.2 Å². The lowest BCUT2D eigenvalue weighted by molar-refractivity contribution is -0.107. The fraction of sp³-hybridized carbons (Fsp3) is 0.300. The lowest BCUT2D eigenvalue weighted by Crippen LogP contribution is -1.90. The molecule has 0 radical (unpaired) electrons. The maximum Gasteiger partial charge on any atom is 0.130 e. The van der Waals surface area contributed by atoms with Gasteiger partial charge in [-0.3, -0.25) is 0 Å². The standard InChI is InChI=1S/C10H11FO2/c11-10-7-9(13)5-4-8(10)3-1-2-6-12/h4-7,13H,1-3H2. The number of aldehydes is 1. The first-order chi connectivity index (χ1) is 6.24. The van der Waals surface area contributed by atoms with Crippen molar-refractivity contribution >= 4 is 6.29 Å². The number of unbranched alkanes of at least 4 members (excludes halogenated alkanes) is 1. The Bertz CT molecular complexity index is 297. The van der Waals surface area contributed by atoms with Gasteiger partial charge in [0.1, 0.15) is 17.9 Å². The molecule has 1 aromatic carbocycles. The number of aryl methyl sites for hydroxylation is 1. The molecular formula is C10H11FO2. The number of carbonyl (C=O) groups is 1. The molecule has 0 amide bonds. The average molecular weight is 182 g/mol. The summed E-state index contributed by atoms with van der Waals surface area (Å²) in [6.07, 6.45) is 2.44. The van der Waals surface area contributed by atoms with E-state index in [1.807, 2.05) is 0 Å². The van der Waals surface area contributed by atoms with Crippen molar-refractivity contribution in [2.75, 3.05) is 0 Å². The van der Waals surface area contributed by atoms with Crippen LogP contribution in [0, 0.1) is 5.82 Å². The molecule has 0 saturated carbocycles. The third-order valence-electron chi connectivity index (χ3n) is 1.80. The Kier molecular flexibility index (Phi) is 3.43. The topological polar surface area (TPSA) is 37.3 Å². The van der Waals surface area contributed by atoms with Gasteiger partial charge < -0.3 is 9.90 Å². The van der Waals surface area contributed by atoms with E-state index in [1.54, 1.807) is 0 Å². The predicted octanol–water partition coefficient (Wildman–Crippen LogP) is 2.05. The largest absolute Gasteiger partial charge is 0.508 e. The van der Waals surface area contributed by atoms with E-state index in [-0.39, 0.29) is 5.75 Å². The molecule has 0 atom stereocenters. The van der Waals surface area contributed by atoms with Crippen LogP contribution in [-0.4, -0.2) is 11.4 Å². The van der Waals surface area contributed by atoms with Crippen molar-refractivity contribution in [1.82, 2.24) is 0 Å². The Morgan fingerprint density at radius 1 is 1.46 bits per heavy atom. The minimum atomic E-state index is -0.411. The van der Waals surface area contributed by atoms with Gasteiger partial charge in [0.25, 0.3) is 0 Å². The number of phenolic OH excluding ortho intramolecular Hbond substituents is 1. The number of carbonyl (C=O) groups excluding carboxylic acids is 1. The zero-order chi connectivity index (χ0) is 9.68. The molecule has 0 unspecified atom stereocenters. The van der Waals surface area contributed by atoms with Gasteiger partial charge in [-0.2, -0.15) is 0 Å². The van der Waals surface area contributed by atoms with Gasteiger partial charge in [-0.05, 0) is 24.5 Å². The quantitative estimate of drug-likeness (QED) is 0.571. The van der Waals surface area contributed by atoms with E-state index in [2.05, 4.69) is 0 Å². The molecule has 0 bridgehead atoms. The van der Waals surface area contributed by atoms with Crippen molar-refractivity contribution in [3.05, 3.63) is 29.6 Å². The highest BCUT2D eigenvalue weighted by Gasteiger charge is 2.02. The number of benzene rings is 1. The summed E-state index contributed by atoms with van der Waals surface area (Å²) in [5.41, 5.74) is 0.541. The zero-order valence-corrected chi connectivity index (χ0v) is 7.16. The van der Waals surface area contributed by atoms with E-state index in [4.69, 9.17) is 5.11 Å². The van der Waals surface area contributed by atoms with Crippen molar-refractivity contribution in [3.63, 3.8) is 0 Å². The van der Waals surface area contributed by atoms with Gasteiger partial charge in [-0.1, -0.05) is 6.07 Å². The molecule has 70 valence electrons. The number of hydrogen-bond donors (Lipinski definition) is 1. The maximum absolute atomic E-state index is 13.0. The van der Waals surface area contributed by atoms with Crippen LogP contribution in [0.1, 0.15) is 18.4 Å². The normalized spacial score (nSPS) is 9.92. The van der Waals surface area contributed by atoms with Gasteiger partial charge in [0.15, 0.2) is 0 Å². The van der Waals surface area contributed by atoms with Crippen molar-refractivity contribution in [1.29, 1.82) is 0 Å². The molecule has 13 heavy (non-hydrogen) atoms. The van der Waals surface area contributed by atoms with Crippen LogP contribution in [0.15, 0.2) is 18.2 Å². The molecule has 0 saturated heterocycles. The fourth-order valence-corrected chi connectivity index (χ4v) is 1.11. The fourth-order valence-electron chi connectivity index (χ4n) is 1.11. The van der Waals surface area contributed by atoms with Crippen LogP contribution in [0.3, 0.4) is 0 Å². The first kappa shape index (κ1) is 9.71. The molecule has 0 aliphatic rings. The second-order valence-electron chi connectivity index (χ2n) is 2.83. The highest BCUT2D eigenvalue weighted by molar-refractivity contribution is 5.49. The molecule has 1 N–H and O–H groups in total. The predicted molar refractivity (Wildman–Crippen MR) is 47.1 cm³/mol. The number of phenols is 1. The summed E-state index contributed by atoms with van der Waals surface area (Å²) in [6, 6.07) is 4.06. The summed E-state index contributed by atoms with van der Waals surface area (Å²) >= 11 is 0. The minimum absolute atomic E-state index is 0.0726. The number of aromatic hydroxyl groups is 1. The summed E-state index contributed by atoms with van der Waals surface area (Å²) < 4.78 is 13.0. The molecule has 0 fully saturated rings. The van der Waals surface area contributed by atoms with Crippen LogP contribution in [0.4, 0.5) is 4.39 Å². The summed E-state index contributed by atoms with van der Waals surface area (Å²) in [7, 11) is 0. The lowest BCUT2D eigenvalue weighted by atomic mass is 10.1. The van der Waals surface area contributed by atoms with Crippen LogP contribution >= 0.6 is 0 Å². The maximum atomic E-state index is 13.0. The van der Waals surface area contributed by atoms with Crippen LogP contribution in [0.2, 0.25) is 0 Å². The van der Waals surface area contributed by atoms with Crippen LogP contribution < -0.4 is 0 Å². The molecule has 1 rings (SSSR count). The molecule has 0 aliphatic carbocycles. The van der Waals surface area contributed by atoms with Crippen molar-refractivity contribution < 1.29 is 14.3 Å². The lowest BCUT2D eigenvalue weighted by Gasteiger charge is -2.01. The summed E-state index contributed by atoms with van der Waals surface area (Å²) in [4.78, 5) is 10.0. The summed E-state index contributed by atoms with van der Waals surface area (Å²) in [5, 5.41) is 8.91. The Labute approximate surface area is 76.0 Å². The summed E-state index contributed by atoms with van der Waals surface area (Å²) in [5.74, 6) is -0.484. The van der Waals surface area contributed by atoms with Gasteiger partial charge in [0, 0.05) is 12.5 Å². The minimum Gasteiger partial charge on any atom is -0.508 e. The Balaban J connectivity index is 2.61. The monoisotopic (exact) mass is 182 g/mol. The van der Waals surface area contributed by atoms with Gasteiger partial charge >= 0.3 is 0 Å². The highest BCUT2D eigenvalue weighted by Crippen LogP contribution is 2.16. The Morgan fingerprint density at radius 2 is 2.23 bits per heavy atom. The summed E-state index contributed by atoms with van der Waals surface area (Å²) in [6.45, 7) is 0. The Morgan fingerprint density at radius 3 is 2.85 bits per heavy atom. The van der Waals surface area contributed by atoms with Gasteiger partial charge in [-0.25, -0.2) is 4.39 Å². The zero-order valence-electron chi connectivity index (χ0n) is 7.16. The van der Waals surface area contributed by atoms with Gasteiger partial charge in [0.05, 0.1) is 0 Å². The molecular weight excluding hydrogens is 171 g/mol.